The minimum Gasteiger partial charge on any atom is -0.468 e. The molecule has 17 heavy (non-hydrogen) atoms. The largest absolute Gasteiger partial charge is 0.468 e. The molecule has 0 heterocycles. The van der Waals surface area contributed by atoms with E-state index in [1.54, 1.807) is 0 Å². The number of ether oxygens (including phenoxy) is 2. The number of alkyl halides is 2. The summed E-state index contributed by atoms with van der Waals surface area (Å²) in [4.78, 5) is 11.1. The van der Waals surface area contributed by atoms with Gasteiger partial charge < -0.3 is 15.2 Å². The molecule has 96 valence electrons. The van der Waals surface area contributed by atoms with Gasteiger partial charge in [0.15, 0.2) is 0 Å². The first-order valence-corrected chi connectivity index (χ1v) is 4.42. The maximum absolute atomic E-state index is 11.9. The van der Waals surface area contributed by atoms with Crippen molar-refractivity contribution in [3.05, 3.63) is 29.8 Å². The Hall–Kier alpha value is -1.40. The number of carbonyl (C=O) groups is 1. The van der Waals surface area contributed by atoms with E-state index in [0.29, 0.717) is 5.56 Å². The van der Waals surface area contributed by atoms with E-state index in [1.807, 2.05) is 0 Å². The lowest BCUT2D eigenvalue weighted by Gasteiger charge is -2.11. The summed E-state index contributed by atoms with van der Waals surface area (Å²) in [6.07, 6.45) is 0. The van der Waals surface area contributed by atoms with Crippen LogP contribution in [0.5, 0.6) is 5.75 Å². The van der Waals surface area contributed by atoms with Crippen LogP contribution in [-0.4, -0.2) is 19.7 Å². The quantitative estimate of drug-likeness (QED) is 0.846. The topological polar surface area (TPSA) is 61.5 Å². The first kappa shape index (κ1) is 15.6. The number of esters is 1. The molecule has 2 N–H and O–H groups in total. The van der Waals surface area contributed by atoms with Gasteiger partial charge in [-0.2, -0.15) is 8.78 Å². The first-order valence-electron chi connectivity index (χ1n) is 4.42. The third-order valence-corrected chi connectivity index (χ3v) is 1.90. The monoisotopic (exact) mass is 267 g/mol. The Morgan fingerprint density at radius 1 is 1.41 bits per heavy atom. The lowest BCUT2D eigenvalue weighted by atomic mass is 10.1. The second-order valence-electron chi connectivity index (χ2n) is 2.95. The van der Waals surface area contributed by atoms with Crippen LogP contribution in [0.15, 0.2) is 24.3 Å². The highest BCUT2D eigenvalue weighted by molar-refractivity contribution is 5.85. The summed E-state index contributed by atoms with van der Waals surface area (Å²) >= 11 is 0. The third kappa shape index (κ3) is 4.54. The van der Waals surface area contributed by atoms with Gasteiger partial charge in [0.1, 0.15) is 11.8 Å². The van der Waals surface area contributed by atoms with Crippen LogP contribution in [0.3, 0.4) is 0 Å². The van der Waals surface area contributed by atoms with Crippen molar-refractivity contribution in [2.45, 2.75) is 12.7 Å². The van der Waals surface area contributed by atoms with Gasteiger partial charge in [0.25, 0.3) is 0 Å². The lowest BCUT2D eigenvalue weighted by Crippen LogP contribution is -2.22. The number of methoxy groups -OCH3 is 1. The summed E-state index contributed by atoms with van der Waals surface area (Å²) in [7, 11) is 1.20. The molecular weight excluding hydrogens is 256 g/mol. The zero-order chi connectivity index (χ0) is 12.1. The molecule has 0 fully saturated rings. The molecule has 4 nitrogen and oxygen atoms in total. The van der Waals surface area contributed by atoms with Crippen LogP contribution in [0, 0.1) is 0 Å². The summed E-state index contributed by atoms with van der Waals surface area (Å²) in [6.45, 7) is -2.91. The number of hydrogen-bond acceptors (Lipinski definition) is 4. The van der Waals surface area contributed by atoms with E-state index in [4.69, 9.17) is 5.73 Å². The minimum absolute atomic E-state index is 0. The molecule has 0 aliphatic carbocycles. The predicted molar refractivity (Wildman–Crippen MR) is 59.3 cm³/mol. The zero-order valence-electron chi connectivity index (χ0n) is 8.93. The van der Waals surface area contributed by atoms with E-state index >= 15 is 0 Å². The molecule has 0 aliphatic heterocycles. The molecule has 0 aromatic heterocycles. The van der Waals surface area contributed by atoms with Crippen LogP contribution >= 0.6 is 12.4 Å². The van der Waals surface area contributed by atoms with Gasteiger partial charge in [-0.25, -0.2) is 0 Å². The lowest BCUT2D eigenvalue weighted by molar-refractivity contribution is -0.142. The maximum atomic E-state index is 11.9. The number of rotatable bonds is 4. The molecule has 0 amide bonds. The van der Waals surface area contributed by atoms with Gasteiger partial charge >= 0.3 is 12.6 Å². The zero-order valence-corrected chi connectivity index (χ0v) is 9.75. The SMILES string of the molecule is COC(=O)[C@@H](N)c1cccc(OC(F)F)c1.Cl. The highest BCUT2D eigenvalue weighted by atomic mass is 35.5. The number of halogens is 3. The van der Waals surface area contributed by atoms with Crippen LogP contribution in [0.25, 0.3) is 0 Å². The van der Waals surface area contributed by atoms with E-state index in [-0.39, 0.29) is 18.2 Å². The van der Waals surface area contributed by atoms with Gasteiger partial charge in [-0.3, -0.25) is 4.79 Å². The Balaban J connectivity index is 0.00000256. The van der Waals surface area contributed by atoms with E-state index < -0.39 is 18.6 Å². The molecule has 0 saturated heterocycles. The molecule has 0 aliphatic rings. The number of carbonyl (C=O) groups excluding carboxylic acids is 1. The highest BCUT2D eigenvalue weighted by Gasteiger charge is 2.17. The van der Waals surface area contributed by atoms with Crippen molar-refractivity contribution in [2.75, 3.05) is 7.11 Å². The summed E-state index contributed by atoms with van der Waals surface area (Å²) in [5, 5.41) is 0. The summed E-state index contributed by atoms with van der Waals surface area (Å²) < 4.78 is 32.5. The van der Waals surface area contributed by atoms with Crippen LogP contribution in [-0.2, 0) is 9.53 Å². The molecule has 0 radical (unpaired) electrons. The Kier molecular flexibility index (Phi) is 6.45. The molecule has 1 rings (SSSR count). The van der Waals surface area contributed by atoms with E-state index in [2.05, 4.69) is 9.47 Å². The first-order chi connectivity index (χ1) is 7.54. The molecule has 0 unspecified atom stereocenters. The Labute approximate surface area is 103 Å². The molecule has 1 atom stereocenters. The van der Waals surface area contributed by atoms with Gasteiger partial charge in [0, 0.05) is 0 Å². The van der Waals surface area contributed by atoms with Crippen LogP contribution < -0.4 is 10.5 Å². The van der Waals surface area contributed by atoms with Gasteiger partial charge in [-0.1, -0.05) is 12.1 Å². The van der Waals surface area contributed by atoms with Crippen LogP contribution in [0.2, 0.25) is 0 Å². The Bertz CT molecular complexity index is 376. The Morgan fingerprint density at radius 3 is 2.59 bits per heavy atom. The van der Waals surface area contributed by atoms with Crippen LogP contribution in [0.1, 0.15) is 11.6 Å². The van der Waals surface area contributed by atoms with Crippen molar-refractivity contribution in [2.24, 2.45) is 5.73 Å². The fraction of sp³-hybridized carbons (Fsp3) is 0.300. The third-order valence-electron chi connectivity index (χ3n) is 1.90. The van der Waals surface area contributed by atoms with Crippen molar-refractivity contribution < 1.29 is 23.0 Å². The smallest absolute Gasteiger partial charge is 0.387 e. The average Bonchev–Trinajstić information content (AvgIpc) is 2.26. The molecule has 1 aromatic rings. The summed E-state index contributed by atoms with van der Waals surface area (Å²) in [5.41, 5.74) is 5.88. The van der Waals surface area contributed by atoms with Crippen molar-refractivity contribution >= 4 is 18.4 Å². The van der Waals surface area contributed by atoms with Crippen molar-refractivity contribution in [1.82, 2.24) is 0 Å². The number of benzene rings is 1. The van der Waals surface area contributed by atoms with Gasteiger partial charge in [0.2, 0.25) is 0 Å². The van der Waals surface area contributed by atoms with Crippen molar-refractivity contribution in [1.29, 1.82) is 0 Å². The van der Waals surface area contributed by atoms with Gasteiger partial charge in [0.05, 0.1) is 7.11 Å². The standard InChI is InChI=1S/C10H11F2NO3.ClH/c1-15-9(14)8(13)6-3-2-4-7(5-6)16-10(11)12;/h2-5,8,10H,13H2,1H3;1H/t8-;/m0./s1. The molecular formula is C10H12ClF2NO3. The molecule has 0 spiro atoms. The summed E-state index contributed by atoms with van der Waals surface area (Å²) in [6, 6.07) is 4.61. The highest BCUT2D eigenvalue weighted by Crippen LogP contribution is 2.20. The predicted octanol–water partition coefficient (Wildman–Crippen LogP) is 1.88. The Morgan fingerprint density at radius 2 is 2.06 bits per heavy atom. The van der Waals surface area contributed by atoms with E-state index in [1.165, 1.54) is 31.4 Å². The number of nitrogens with two attached hydrogens (primary N) is 1. The van der Waals surface area contributed by atoms with Gasteiger partial charge in [-0.05, 0) is 17.7 Å². The van der Waals surface area contributed by atoms with Crippen LogP contribution in [0.4, 0.5) is 8.78 Å². The molecule has 7 heteroatoms. The normalized spacial score (nSPS) is 11.6. The van der Waals surface area contributed by atoms with Crippen molar-refractivity contribution in [3.63, 3.8) is 0 Å². The summed E-state index contributed by atoms with van der Waals surface area (Å²) in [5.74, 6) is -0.693. The van der Waals surface area contributed by atoms with E-state index in [9.17, 15) is 13.6 Å². The molecule has 1 aromatic carbocycles. The fourth-order valence-electron chi connectivity index (χ4n) is 1.15. The van der Waals surface area contributed by atoms with Gasteiger partial charge in [-0.15, -0.1) is 12.4 Å². The minimum atomic E-state index is -2.91. The van der Waals surface area contributed by atoms with Crippen molar-refractivity contribution in [3.8, 4) is 5.75 Å². The van der Waals surface area contributed by atoms with E-state index in [0.717, 1.165) is 0 Å². The second-order valence-corrected chi connectivity index (χ2v) is 2.95. The number of hydrogen-bond donors (Lipinski definition) is 1. The molecule has 0 saturated carbocycles. The maximum Gasteiger partial charge on any atom is 0.387 e. The molecule has 0 bridgehead atoms. The fourth-order valence-corrected chi connectivity index (χ4v) is 1.15. The second kappa shape index (κ2) is 7.03. The average molecular weight is 268 g/mol.